The van der Waals surface area contributed by atoms with Gasteiger partial charge in [0.2, 0.25) is 0 Å². The lowest BCUT2D eigenvalue weighted by Crippen LogP contribution is -2.53. The molecule has 3 heterocycles. The fourth-order valence-corrected chi connectivity index (χ4v) is 3.39. The summed E-state index contributed by atoms with van der Waals surface area (Å²) in [5.74, 6) is -0.0200. The molecule has 6 nitrogen and oxygen atoms in total. The smallest absolute Gasteiger partial charge is 0.324 e. The van der Waals surface area contributed by atoms with Gasteiger partial charge in [-0.3, -0.25) is 14.7 Å². The zero-order valence-corrected chi connectivity index (χ0v) is 13.2. The first-order chi connectivity index (χ1) is 11.7. The predicted molar refractivity (Wildman–Crippen MR) is 89.8 cm³/mol. The molecule has 1 atom stereocenters. The second-order valence-electron chi connectivity index (χ2n) is 6.07. The van der Waals surface area contributed by atoms with Crippen LogP contribution in [0.4, 0.5) is 10.5 Å². The van der Waals surface area contributed by atoms with Crippen LogP contribution < -0.4 is 4.90 Å². The number of nitrogens with zero attached hydrogens (tertiary/aromatic N) is 4. The van der Waals surface area contributed by atoms with Crippen molar-refractivity contribution in [1.29, 1.82) is 0 Å². The van der Waals surface area contributed by atoms with Crippen molar-refractivity contribution in [3.63, 3.8) is 0 Å². The molecule has 2 aliphatic rings. The molecule has 4 rings (SSSR count). The van der Waals surface area contributed by atoms with Crippen molar-refractivity contribution in [3.05, 3.63) is 60.4 Å². The van der Waals surface area contributed by atoms with E-state index in [1.54, 1.807) is 29.4 Å². The number of amides is 3. The molecule has 2 saturated heterocycles. The first kappa shape index (κ1) is 14.7. The van der Waals surface area contributed by atoms with E-state index in [9.17, 15) is 9.59 Å². The van der Waals surface area contributed by atoms with Crippen LogP contribution in [-0.4, -0.2) is 58.9 Å². The van der Waals surface area contributed by atoms with Gasteiger partial charge in [-0.15, -0.1) is 0 Å². The van der Waals surface area contributed by atoms with E-state index >= 15 is 0 Å². The lowest BCUT2D eigenvalue weighted by Gasteiger charge is -2.36. The number of para-hydroxylation sites is 1. The first-order valence-corrected chi connectivity index (χ1v) is 8.06. The Morgan fingerprint density at radius 3 is 2.62 bits per heavy atom. The van der Waals surface area contributed by atoms with Crippen molar-refractivity contribution in [3.8, 4) is 0 Å². The van der Waals surface area contributed by atoms with E-state index in [1.807, 2.05) is 40.1 Å². The third kappa shape index (κ3) is 2.50. The maximum atomic E-state index is 12.6. The number of hydrogen-bond acceptors (Lipinski definition) is 3. The van der Waals surface area contributed by atoms with E-state index in [-0.39, 0.29) is 18.0 Å². The van der Waals surface area contributed by atoms with E-state index in [0.29, 0.717) is 31.7 Å². The zero-order chi connectivity index (χ0) is 16.5. The van der Waals surface area contributed by atoms with Gasteiger partial charge in [0.1, 0.15) is 0 Å². The van der Waals surface area contributed by atoms with Gasteiger partial charge in [0.25, 0.3) is 5.91 Å². The van der Waals surface area contributed by atoms with Crippen LogP contribution in [-0.2, 0) is 0 Å². The quantitative estimate of drug-likeness (QED) is 0.848. The molecule has 2 aliphatic heterocycles. The van der Waals surface area contributed by atoms with Gasteiger partial charge >= 0.3 is 6.03 Å². The molecular weight excluding hydrogens is 304 g/mol. The summed E-state index contributed by atoms with van der Waals surface area (Å²) >= 11 is 0. The van der Waals surface area contributed by atoms with Gasteiger partial charge in [-0.2, -0.15) is 0 Å². The third-order valence-electron chi connectivity index (χ3n) is 4.62. The fourth-order valence-electron chi connectivity index (χ4n) is 3.39. The number of hydrogen-bond donors (Lipinski definition) is 0. The maximum absolute atomic E-state index is 12.6. The van der Waals surface area contributed by atoms with Crippen LogP contribution in [0, 0.1) is 0 Å². The van der Waals surface area contributed by atoms with Gasteiger partial charge < -0.3 is 9.80 Å². The summed E-state index contributed by atoms with van der Waals surface area (Å²) in [5, 5.41) is 0. The molecule has 3 amide bonds. The van der Waals surface area contributed by atoms with Crippen LogP contribution in [0.2, 0.25) is 0 Å². The van der Waals surface area contributed by atoms with Crippen LogP contribution in [0.3, 0.4) is 0 Å². The molecule has 2 fully saturated rings. The van der Waals surface area contributed by atoms with Crippen LogP contribution in [0.5, 0.6) is 0 Å². The molecule has 0 bridgehead atoms. The number of rotatable bonds is 2. The predicted octanol–water partition coefficient (Wildman–Crippen LogP) is 1.85. The fraction of sp³-hybridized carbons (Fsp3) is 0.278. The van der Waals surface area contributed by atoms with Crippen molar-refractivity contribution in [1.82, 2.24) is 14.8 Å². The molecule has 24 heavy (non-hydrogen) atoms. The highest BCUT2D eigenvalue weighted by atomic mass is 16.2. The molecule has 122 valence electrons. The highest BCUT2D eigenvalue weighted by Gasteiger charge is 2.42. The summed E-state index contributed by atoms with van der Waals surface area (Å²) in [6.45, 7) is 2.29. The summed E-state index contributed by atoms with van der Waals surface area (Å²) in [6.07, 6.45) is 3.24. The molecule has 0 saturated carbocycles. The molecule has 1 aromatic heterocycles. The average molecular weight is 322 g/mol. The topological polar surface area (TPSA) is 56.8 Å². The number of urea groups is 1. The van der Waals surface area contributed by atoms with Crippen molar-refractivity contribution < 1.29 is 9.59 Å². The number of carbonyl (C=O) groups is 2. The van der Waals surface area contributed by atoms with Crippen LogP contribution in [0.1, 0.15) is 10.4 Å². The van der Waals surface area contributed by atoms with Crippen molar-refractivity contribution in [2.45, 2.75) is 6.04 Å². The molecule has 6 heteroatoms. The van der Waals surface area contributed by atoms with Crippen LogP contribution in [0.25, 0.3) is 0 Å². The Bertz CT molecular complexity index is 750. The maximum Gasteiger partial charge on any atom is 0.324 e. The van der Waals surface area contributed by atoms with Crippen molar-refractivity contribution in [2.24, 2.45) is 0 Å². The minimum atomic E-state index is -0.0200. The molecule has 1 aromatic carbocycles. The Morgan fingerprint density at radius 2 is 1.88 bits per heavy atom. The monoisotopic (exact) mass is 322 g/mol. The Balaban J connectivity index is 1.50. The van der Waals surface area contributed by atoms with E-state index in [4.69, 9.17) is 0 Å². The van der Waals surface area contributed by atoms with Crippen molar-refractivity contribution in [2.75, 3.05) is 31.1 Å². The standard InChI is InChI=1S/C18H18N4O2/c23-17(14-5-4-8-19-11-14)20-9-10-21-16(12-20)13-22(18(21)24)15-6-2-1-3-7-15/h1-8,11,16H,9-10,12-13H2/t16-/m1/s1. The number of anilines is 1. The van der Waals surface area contributed by atoms with E-state index in [0.717, 1.165) is 5.69 Å². The van der Waals surface area contributed by atoms with Gasteiger partial charge in [-0.1, -0.05) is 18.2 Å². The molecule has 0 N–H and O–H groups in total. The molecule has 2 aromatic rings. The van der Waals surface area contributed by atoms with Crippen molar-refractivity contribution >= 4 is 17.6 Å². The molecular formula is C18H18N4O2. The lowest BCUT2D eigenvalue weighted by molar-refractivity contribution is 0.0616. The summed E-state index contributed by atoms with van der Waals surface area (Å²) in [5.41, 5.74) is 1.50. The number of piperazine rings is 1. The molecule has 0 spiro atoms. The zero-order valence-electron chi connectivity index (χ0n) is 13.2. The second kappa shape index (κ2) is 5.96. The van der Waals surface area contributed by atoms with Gasteiger partial charge in [0.05, 0.1) is 11.6 Å². The number of benzene rings is 1. The van der Waals surface area contributed by atoms with Gasteiger partial charge in [-0.05, 0) is 24.3 Å². The lowest BCUT2D eigenvalue weighted by atomic mass is 10.1. The molecule has 0 radical (unpaired) electrons. The van der Waals surface area contributed by atoms with E-state index < -0.39 is 0 Å². The largest absolute Gasteiger partial charge is 0.335 e. The first-order valence-electron chi connectivity index (χ1n) is 8.06. The Morgan fingerprint density at radius 1 is 1.04 bits per heavy atom. The number of pyridine rings is 1. The Labute approximate surface area is 140 Å². The highest BCUT2D eigenvalue weighted by molar-refractivity contribution is 5.96. The summed E-state index contributed by atoms with van der Waals surface area (Å²) < 4.78 is 0. The van der Waals surface area contributed by atoms with E-state index in [1.165, 1.54) is 0 Å². The van der Waals surface area contributed by atoms with Crippen LogP contribution in [0.15, 0.2) is 54.9 Å². The number of fused-ring (bicyclic) bond motifs is 1. The SMILES string of the molecule is O=C(c1cccnc1)N1CCN2C(=O)N(c3ccccc3)C[C@H]2C1. The highest BCUT2D eigenvalue weighted by Crippen LogP contribution is 2.26. The normalized spacial score (nSPS) is 20.2. The van der Waals surface area contributed by atoms with Gasteiger partial charge in [0.15, 0.2) is 0 Å². The molecule has 0 aliphatic carbocycles. The minimum Gasteiger partial charge on any atom is -0.335 e. The van der Waals surface area contributed by atoms with E-state index in [2.05, 4.69) is 4.98 Å². The molecule has 0 unspecified atom stereocenters. The number of aromatic nitrogens is 1. The Kier molecular flexibility index (Phi) is 3.65. The Hall–Kier alpha value is -2.89. The third-order valence-corrected chi connectivity index (χ3v) is 4.62. The summed E-state index contributed by atoms with van der Waals surface area (Å²) in [7, 11) is 0. The summed E-state index contributed by atoms with van der Waals surface area (Å²) in [6, 6.07) is 13.3. The van der Waals surface area contributed by atoms with Crippen LogP contribution >= 0.6 is 0 Å². The minimum absolute atomic E-state index is 0.0200. The van der Waals surface area contributed by atoms with Gasteiger partial charge in [-0.25, -0.2) is 4.79 Å². The second-order valence-corrected chi connectivity index (χ2v) is 6.07. The van der Waals surface area contributed by atoms with Gasteiger partial charge in [0, 0.05) is 44.3 Å². The average Bonchev–Trinajstić information content (AvgIpc) is 2.99. The summed E-state index contributed by atoms with van der Waals surface area (Å²) in [4.78, 5) is 34.7. The number of carbonyl (C=O) groups excluding carboxylic acids is 2.